The molecule has 1 saturated heterocycles. The molecule has 2 aromatic rings. The van der Waals surface area contributed by atoms with Crippen LogP contribution in [0.1, 0.15) is 38.7 Å². The third-order valence-corrected chi connectivity index (χ3v) is 5.47. The van der Waals surface area contributed by atoms with Crippen LogP contribution in [0.2, 0.25) is 0 Å². The predicted octanol–water partition coefficient (Wildman–Crippen LogP) is 3.44. The van der Waals surface area contributed by atoms with E-state index in [0.717, 1.165) is 42.3 Å². The lowest BCUT2D eigenvalue weighted by Crippen LogP contribution is -2.55. The van der Waals surface area contributed by atoms with Gasteiger partial charge in [0.25, 0.3) is 0 Å². The Morgan fingerprint density at radius 2 is 2.00 bits per heavy atom. The summed E-state index contributed by atoms with van der Waals surface area (Å²) in [6.45, 7) is 5.40. The van der Waals surface area contributed by atoms with Gasteiger partial charge in [-0.05, 0) is 43.4 Å². The van der Waals surface area contributed by atoms with Crippen molar-refractivity contribution in [2.45, 2.75) is 51.6 Å². The van der Waals surface area contributed by atoms with Crippen molar-refractivity contribution in [3.05, 3.63) is 30.0 Å². The second kappa shape index (κ2) is 6.89. The zero-order chi connectivity index (χ0) is 17.3. The molecule has 24 heavy (non-hydrogen) atoms. The molecule has 0 saturated carbocycles. The zero-order valence-corrected chi connectivity index (χ0v) is 15.0. The molecule has 2 unspecified atom stereocenters. The van der Waals surface area contributed by atoms with E-state index in [0.29, 0.717) is 12.1 Å². The number of H-pyrrole nitrogens is 1. The smallest absolute Gasteiger partial charge is 0.404 e. The minimum Gasteiger partial charge on any atom is -0.404 e. The third-order valence-electron chi connectivity index (χ3n) is 5.03. The van der Waals surface area contributed by atoms with E-state index >= 15 is 0 Å². The Balaban J connectivity index is 1.81. The van der Waals surface area contributed by atoms with E-state index in [1.807, 2.05) is 12.3 Å². The number of phosphoric acid groups is 1. The standard InChI is InChI=1S/C17H25N2O4P/c1-3-13-10-14(4-2)19(13)9-8-12-11-18-15-6-5-7-16(17(12)15)23-24(20,21)22/h5-7,11,13-14,18H,3-4,8-10H2,1-2H3,(H2,20,21,22). The van der Waals surface area contributed by atoms with Gasteiger partial charge in [-0.25, -0.2) is 4.57 Å². The molecular formula is C17H25N2O4P. The average molecular weight is 352 g/mol. The maximum atomic E-state index is 11.2. The number of hydrogen-bond acceptors (Lipinski definition) is 3. The van der Waals surface area contributed by atoms with Crippen LogP contribution in [-0.4, -0.2) is 38.3 Å². The highest BCUT2D eigenvalue weighted by molar-refractivity contribution is 7.46. The topological polar surface area (TPSA) is 85.8 Å². The Kier molecular flexibility index (Phi) is 5.02. The van der Waals surface area contributed by atoms with Crippen molar-refractivity contribution in [1.29, 1.82) is 0 Å². The third kappa shape index (κ3) is 3.52. The number of aromatic nitrogens is 1. The maximum absolute atomic E-state index is 11.2. The van der Waals surface area contributed by atoms with Gasteiger partial charge in [-0.1, -0.05) is 19.9 Å². The summed E-state index contributed by atoms with van der Waals surface area (Å²) in [6, 6.07) is 6.53. The minimum absolute atomic E-state index is 0.236. The van der Waals surface area contributed by atoms with E-state index in [1.165, 1.54) is 6.42 Å². The fraction of sp³-hybridized carbons (Fsp3) is 0.529. The van der Waals surface area contributed by atoms with Crippen LogP contribution >= 0.6 is 7.82 Å². The molecule has 1 fully saturated rings. The fourth-order valence-electron chi connectivity index (χ4n) is 3.78. The first-order chi connectivity index (χ1) is 11.4. The van der Waals surface area contributed by atoms with E-state index in [2.05, 4.69) is 23.7 Å². The Hall–Kier alpha value is -1.33. The molecular weight excluding hydrogens is 327 g/mol. The molecule has 1 aromatic carbocycles. The molecule has 0 aliphatic carbocycles. The van der Waals surface area contributed by atoms with Gasteiger partial charge in [0.2, 0.25) is 0 Å². The monoisotopic (exact) mass is 352 g/mol. The Morgan fingerprint density at radius 3 is 2.62 bits per heavy atom. The SMILES string of the molecule is CCC1CC(CC)N1CCc1c[nH]c2cccc(OP(=O)(O)O)c12. The number of rotatable bonds is 7. The van der Waals surface area contributed by atoms with Crippen molar-refractivity contribution in [2.75, 3.05) is 6.54 Å². The molecule has 3 N–H and O–H groups in total. The van der Waals surface area contributed by atoms with E-state index in [-0.39, 0.29) is 5.75 Å². The van der Waals surface area contributed by atoms with Gasteiger partial charge in [-0.15, -0.1) is 0 Å². The zero-order valence-electron chi connectivity index (χ0n) is 14.1. The Morgan fingerprint density at radius 1 is 1.29 bits per heavy atom. The van der Waals surface area contributed by atoms with Crippen molar-refractivity contribution in [3.8, 4) is 5.75 Å². The molecule has 0 radical (unpaired) electrons. The van der Waals surface area contributed by atoms with Crippen molar-refractivity contribution >= 4 is 18.7 Å². The summed E-state index contributed by atoms with van der Waals surface area (Å²) in [6.07, 6.45) is 6.34. The normalized spacial score (nSPS) is 21.8. The molecule has 0 bridgehead atoms. The fourth-order valence-corrected chi connectivity index (χ4v) is 4.19. The van der Waals surface area contributed by atoms with Crippen LogP contribution in [0.5, 0.6) is 5.75 Å². The van der Waals surface area contributed by atoms with Gasteiger partial charge >= 0.3 is 7.82 Å². The van der Waals surface area contributed by atoms with Gasteiger partial charge in [0.1, 0.15) is 5.75 Å². The Labute approximate surface area is 142 Å². The molecule has 6 nitrogen and oxygen atoms in total. The van der Waals surface area contributed by atoms with Crippen LogP contribution in [0, 0.1) is 0 Å². The summed E-state index contributed by atoms with van der Waals surface area (Å²) in [4.78, 5) is 24.0. The van der Waals surface area contributed by atoms with Gasteiger partial charge in [0.05, 0.1) is 0 Å². The number of hydrogen-bond donors (Lipinski definition) is 3. The highest BCUT2D eigenvalue weighted by Crippen LogP contribution is 2.41. The number of aromatic amines is 1. The summed E-state index contributed by atoms with van der Waals surface area (Å²) in [5.41, 5.74) is 1.87. The number of phosphoric ester groups is 1. The summed E-state index contributed by atoms with van der Waals surface area (Å²) < 4.78 is 16.1. The molecule has 3 rings (SSSR count). The maximum Gasteiger partial charge on any atom is 0.524 e. The summed E-state index contributed by atoms with van der Waals surface area (Å²) in [7, 11) is -4.57. The first-order valence-corrected chi connectivity index (χ1v) is 10.1. The van der Waals surface area contributed by atoms with E-state index in [1.54, 1.807) is 12.1 Å². The molecule has 2 atom stereocenters. The van der Waals surface area contributed by atoms with Gasteiger partial charge in [0, 0.05) is 35.7 Å². The number of benzene rings is 1. The first-order valence-electron chi connectivity index (χ1n) is 8.52. The van der Waals surface area contributed by atoms with Crippen LogP contribution in [0.25, 0.3) is 10.9 Å². The summed E-state index contributed by atoms with van der Waals surface area (Å²) in [5, 5.41) is 0.766. The molecule has 7 heteroatoms. The largest absolute Gasteiger partial charge is 0.524 e. The van der Waals surface area contributed by atoms with E-state index < -0.39 is 7.82 Å². The van der Waals surface area contributed by atoms with Crippen LogP contribution in [0.15, 0.2) is 24.4 Å². The second-order valence-corrected chi connectivity index (χ2v) is 7.59. The highest BCUT2D eigenvalue weighted by Gasteiger charge is 2.35. The van der Waals surface area contributed by atoms with Gasteiger partial charge in [0.15, 0.2) is 0 Å². The number of likely N-dealkylation sites (tertiary alicyclic amines) is 1. The van der Waals surface area contributed by atoms with E-state index in [4.69, 9.17) is 14.3 Å². The first kappa shape index (κ1) is 17.5. The van der Waals surface area contributed by atoms with Gasteiger partial charge < -0.3 is 9.51 Å². The molecule has 1 aromatic heterocycles. The van der Waals surface area contributed by atoms with Crippen LogP contribution in [0.4, 0.5) is 0 Å². The van der Waals surface area contributed by atoms with Crippen molar-refractivity contribution in [1.82, 2.24) is 9.88 Å². The molecule has 0 spiro atoms. The lowest BCUT2D eigenvalue weighted by molar-refractivity contribution is 0.0121. The number of nitrogens with one attached hydrogen (secondary N) is 1. The lowest BCUT2D eigenvalue weighted by Gasteiger charge is -2.48. The lowest BCUT2D eigenvalue weighted by atomic mass is 9.88. The Bertz CT molecular complexity index is 744. The van der Waals surface area contributed by atoms with Gasteiger partial charge in [-0.3, -0.25) is 14.7 Å². The number of nitrogens with zero attached hydrogens (tertiary/aromatic N) is 1. The summed E-state index contributed by atoms with van der Waals surface area (Å²) >= 11 is 0. The molecule has 1 aliphatic rings. The molecule has 1 aliphatic heterocycles. The van der Waals surface area contributed by atoms with Gasteiger partial charge in [-0.2, -0.15) is 0 Å². The molecule has 2 heterocycles. The predicted molar refractivity (Wildman–Crippen MR) is 94.2 cm³/mol. The van der Waals surface area contributed by atoms with Crippen molar-refractivity contribution in [2.24, 2.45) is 0 Å². The molecule has 0 amide bonds. The van der Waals surface area contributed by atoms with E-state index in [9.17, 15) is 4.57 Å². The average Bonchev–Trinajstić information content (AvgIpc) is 2.90. The second-order valence-electron chi connectivity index (χ2n) is 6.42. The molecule has 132 valence electrons. The minimum atomic E-state index is -4.57. The van der Waals surface area contributed by atoms with Crippen molar-refractivity contribution < 1.29 is 18.9 Å². The summed E-state index contributed by atoms with van der Waals surface area (Å²) in [5.74, 6) is 0.236. The quantitative estimate of drug-likeness (QED) is 0.665. The van der Waals surface area contributed by atoms with Crippen LogP contribution in [-0.2, 0) is 11.0 Å². The van der Waals surface area contributed by atoms with Crippen LogP contribution in [0.3, 0.4) is 0 Å². The van der Waals surface area contributed by atoms with Crippen LogP contribution < -0.4 is 4.52 Å². The number of fused-ring (bicyclic) bond motifs is 1. The highest BCUT2D eigenvalue weighted by atomic mass is 31.2. The van der Waals surface area contributed by atoms with Crippen molar-refractivity contribution in [3.63, 3.8) is 0 Å².